The number of ether oxygens (including phenoxy) is 1. The SMILES string of the molecule is COc1ccnc(C(=O)N(C)Cc2cc(-c3ccccc3)n[nH]2)c1. The Morgan fingerprint density at radius 2 is 2.00 bits per heavy atom. The van der Waals surface area contributed by atoms with E-state index < -0.39 is 0 Å². The van der Waals surface area contributed by atoms with E-state index in [1.54, 1.807) is 37.4 Å². The van der Waals surface area contributed by atoms with Crippen LogP contribution >= 0.6 is 0 Å². The molecule has 0 aliphatic rings. The lowest BCUT2D eigenvalue weighted by molar-refractivity contribution is 0.0777. The monoisotopic (exact) mass is 322 g/mol. The van der Waals surface area contributed by atoms with E-state index in [9.17, 15) is 4.79 Å². The molecule has 6 nitrogen and oxygen atoms in total. The number of methoxy groups -OCH3 is 1. The molecule has 24 heavy (non-hydrogen) atoms. The Morgan fingerprint density at radius 1 is 1.21 bits per heavy atom. The van der Waals surface area contributed by atoms with Crippen molar-refractivity contribution < 1.29 is 9.53 Å². The van der Waals surface area contributed by atoms with E-state index in [2.05, 4.69) is 15.2 Å². The van der Waals surface area contributed by atoms with E-state index in [0.717, 1.165) is 17.0 Å². The number of aromatic amines is 1. The van der Waals surface area contributed by atoms with Gasteiger partial charge in [-0.05, 0) is 12.1 Å². The second-order valence-corrected chi connectivity index (χ2v) is 5.39. The number of rotatable bonds is 5. The molecule has 2 heterocycles. The number of aromatic nitrogens is 3. The summed E-state index contributed by atoms with van der Waals surface area (Å²) >= 11 is 0. The van der Waals surface area contributed by atoms with Gasteiger partial charge in [-0.15, -0.1) is 0 Å². The summed E-state index contributed by atoms with van der Waals surface area (Å²) in [7, 11) is 3.29. The number of benzene rings is 1. The van der Waals surface area contributed by atoms with Crippen molar-refractivity contribution in [2.45, 2.75) is 6.54 Å². The van der Waals surface area contributed by atoms with Gasteiger partial charge in [-0.25, -0.2) is 0 Å². The molecule has 3 aromatic rings. The van der Waals surface area contributed by atoms with Crippen LogP contribution in [0, 0.1) is 0 Å². The minimum absolute atomic E-state index is 0.176. The summed E-state index contributed by atoms with van der Waals surface area (Å²) in [5, 5.41) is 7.28. The fraction of sp³-hybridized carbons (Fsp3) is 0.167. The first-order valence-corrected chi connectivity index (χ1v) is 7.52. The third kappa shape index (κ3) is 3.43. The average Bonchev–Trinajstić information content (AvgIpc) is 3.10. The Hall–Kier alpha value is -3.15. The van der Waals surface area contributed by atoms with Crippen molar-refractivity contribution in [3.63, 3.8) is 0 Å². The molecule has 0 spiro atoms. The summed E-state index contributed by atoms with van der Waals surface area (Å²) in [6.07, 6.45) is 1.56. The Kier molecular flexibility index (Phi) is 4.56. The molecule has 0 saturated heterocycles. The molecule has 1 amide bonds. The number of carbonyl (C=O) groups is 1. The largest absolute Gasteiger partial charge is 0.497 e. The Labute approximate surface area is 140 Å². The standard InChI is InChI=1S/C18H18N4O2/c1-22(18(23)17-11-15(24-2)8-9-19-17)12-14-10-16(21-20-14)13-6-4-3-5-7-13/h3-11H,12H2,1-2H3,(H,20,21). The van der Waals surface area contributed by atoms with Crippen LogP contribution in [0.15, 0.2) is 54.7 Å². The number of H-pyrrole nitrogens is 1. The van der Waals surface area contributed by atoms with Gasteiger partial charge in [-0.3, -0.25) is 14.9 Å². The third-order valence-electron chi connectivity index (χ3n) is 3.64. The first-order valence-electron chi connectivity index (χ1n) is 7.52. The van der Waals surface area contributed by atoms with Gasteiger partial charge in [0.1, 0.15) is 11.4 Å². The smallest absolute Gasteiger partial charge is 0.272 e. The van der Waals surface area contributed by atoms with Crippen molar-refractivity contribution in [3.8, 4) is 17.0 Å². The second-order valence-electron chi connectivity index (χ2n) is 5.39. The Bertz CT molecular complexity index is 830. The Morgan fingerprint density at radius 3 is 2.75 bits per heavy atom. The van der Waals surface area contributed by atoms with Crippen LogP contribution in [0.4, 0.5) is 0 Å². The van der Waals surface area contributed by atoms with Gasteiger partial charge in [0.15, 0.2) is 0 Å². The molecule has 0 aliphatic heterocycles. The number of nitrogens with zero attached hydrogens (tertiary/aromatic N) is 3. The van der Waals surface area contributed by atoms with Gasteiger partial charge in [-0.2, -0.15) is 5.10 Å². The van der Waals surface area contributed by atoms with Crippen LogP contribution in [0.1, 0.15) is 16.2 Å². The molecule has 0 saturated carbocycles. The summed E-state index contributed by atoms with van der Waals surface area (Å²) in [6.45, 7) is 0.414. The van der Waals surface area contributed by atoms with Gasteiger partial charge in [-0.1, -0.05) is 30.3 Å². The molecule has 2 aromatic heterocycles. The van der Waals surface area contributed by atoms with E-state index in [1.165, 1.54) is 0 Å². The van der Waals surface area contributed by atoms with Crippen LogP contribution in [0.2, 0.25) is 0 Å². The molecule has 0 atom stereocenters. The summed E-state index contributed by atoms with van der Waals surface area (Å²) in [4.78, 5) is 18.2. The highest BCUT2D eigenvalue weighted by Crippen LogP contribution is 2.18. The van der Waals surface area contributed by atoms with Crippen LogP contribution in [-0.4, -0.2) is 40.1 Å². The number of carbonyl (C=O) groups excluding carboxylic acids is 1. The van der Waals surface area contributed by atoms with E-state index in [0.29, 0.717) is 18.0 Å². The lowest BCUT2D eigenvalue weighted by Gasteiger charge is -2.15. The lowest BCUT2D eigenvalue weighted by atomic mass is 10.1. The zero-order valence-electron chi connectivity index (χ0n) is 13.6. The van der Waals surface area contributed by atoms with Gasteiger partial charge < -0.3 is 9.64 Å². The second kappa shape index (κ2) is 6.95. The number of nitrogens with one attached hydrogen (secondary N) is 1. The number of amides is 1. The zero-order chi connectivity index (χ0) is 16.9. The molecule has 0 aliphatic carbocycles. The van der Waals surface area contributed by atoms with E-state index in [1.807, 2.05) is 36.4 Å². The van der Waals surface area contributed by atoms with Crippen molar-refractivity contribution in [3.05, 3.63) is 66.1 Å². The van der Waals surface area contributed by atoms with Crippen molar-refractivity contribution in [2.24, 2.45) is 0 Å². The summed E-state index contributed by atoms with van der Waals surface area (Å²) < 4.78 is 5.13. The number of hydrogen-bond donors (Lipinski definition) is 1. The van der Waals surface area contributed by atoms with Crippen molar-refractivity contribution in [1.82, 2.24) is 20.1 Å². The van der Waals surface area contributed by atoms with Crippen LogP contribution in [0.25, 0.3) is 11.3 Å². The maximum atomic E-state index is 12.5. The fourth-order valence-corrected chi connectivity index (χ4v) is 2.38. The molecule has 1 N–H and O–H groups in total. The van der Waals surface area contributed by atoms with Gasteiger partial charge in [0.25, 0.3) is 5.91 Å². The van der Waals surface area contributed by atoms with Gasteiger partial charge >= 0.3 is 0 Å². The minimum Gasteiger partial charge on any atom is -0.497 e. The van der Waals surface area contributed by atoms with Crippen LogP contribution in [0.5, 0.6) is 5.75 Å². The maximum absolute atomic E-state index is 12.5. The summed E-state index contributed by atoms with van der Waals surface area (Å²) in [6, 6.07) is 15.2. The molecule has 0 radical (unpaired) electrons. The van der Waals surface area contributed by atoms with Gasteiger partial charge in [0.05, 0.1) is 25.0 Å². The molecule has 6 heteroatoms. The maximum Gasteiger partial charge on any atom is 0.272 e. The average molecular weight is 322 g/mol. The molecule has 122 valence electrons. The number of pyridine rings is 1. The summed E-state index contributed by atoms with van der Waals surface area (Å²) in [5.74, 6) is 0.430. The fourth-order valence-electron chi connectivity index (χ4n) is 2.38. The predicted octanol–water partition coefficient (Wildman–Crippen LogP) is 2.75. The van der Waals surface area contributed by atoms with Gasteiger partial charge in [0, 0.05) is 24.9 Å². The topological polar surface area (TPSA) is 71.1 Å². The minimum atomic E-state index is -0.176. The quantitative estimate of drug-likeness (QED) is 0.784. The first kappa shape index (κ1) is 15.7. The van der Waals surface area contributed by atoms with E-state index in [4.69, 9.17) is 4.74 Å². The van der Waals surface area contributed by atoms with Crippen molar-refractivity contribution in [1.29, 1.82) is 0 Å². The highest BCUT2D eigenvalue weighted by molar-refractivity contribution is 5.92. The lowest BCUT2D eigenvalue weighted by Crippen LogP contribution is -2.27. The normalized spacial score (nSPS) is 10.4. The molecular formula is C18H18N4O2. The highest BCUT2D eigenvalue weighted by Gasteiger charge is 2.15. The van der Waals surface area contributed by atoms with Crippen LogP contribution in [-0.2, 0) is 6.54 Å². The van der Waals surface area contributed by atoms with Crippen molar-refractivity contribution >= 4 is 5.91 Å². The Balaban J connectivity index is 1.71. The zero-order valence-corrected chi connectivity index (χ0v) is 13.6. The molecule has 1 aromatic carbocycles. The van der Waals surface area contributed by atoms with E-state index in [-0.39, 0.29) is 5.91 Å². The predicted molar refractivity (Wildman–Crippen MR) is 90.6 cm³/mol. The molecule has 3 rings (SSSR count). The molecule has 0 fully saturated rings. The van der Waals surface area contributed by atoms with Crippen LogP contribution < -0.4 is 4.74 Å². The summed E-state index contributed by atoms with van der Waals surface area (Å²) in [5.41, 5.74) is 3.08. The molecular weight excluding hydrogens is 304 g/mol. The van der Waals surface area contributed by atoms with Gasteiger partial charge in [0.2, 0.25) is 0 Å². The molecule has 0 unspecified atom stereocenters. The molecule has 0 bridgehead atoms. The van der Waals surface area contributed by atoms with Crippen molar-refractivity contribution in [2.75, 3.05) is 14.2 Å². The first-order chi connectivity index (χ1) is 11.7. The highest BCUT2D eigenvalue weighted by atomic mass is 16.5. The third-order valence-corrected chi connectivity index (χ3v) is 3.64. The number of hydrogen-bond acceptors (Lipinski definition) is 4. The van der Waals surface area contributed by atoms with E-state index >= 15 is 0 Å². The van der Waals surface area contributed by atoms with Crippen LogP contribution in [0.3, 0.4) is 0 Å².